The Hall–Kier alpha value is -2.15. The molecule has 0 radical (unpaired) electrons. The third kappa shape index (κ3) is 4.94. The highest BCUT2D eigenvalue weighted by Crippen LogP contribution is 2.32. The third-order valence-corrected chi connectivity index (χ3v) is 4.45. The Morgan fingerprint density at radius 2 is 2.08 bits per heavy atom. The largest absolute Gasteiger partial charge is 0.492 e. The number of halogens is 1. The van der Waals surface area contributed by atoms with Gasteiger partial charge < -0.3 is 15.8 Å². The topological polar surface area (TPSA) is 90.1 Å². The van der Waals surface area contributed by atoms with Crippen molar-refractivity contribution in [2.45, 2.75) is 34.1 Å². The molecule has 140 valence electrons. The van der Waals surface area contributed by atoms with Crippen molar-refractivity contribution in [1.82, 2.24) is 15.3 Å². The number of ether oxygens (including phenoxy) is 1. The van der Waals surface area contributed by atoms with Gasteiger partial charge in [0.1, 0.15) is 5.75 Å². The molecule has 2 aromatic rings. The van der Waals surface area contributed by atoms with E-state index in [0.29, 0.717) is 36.0 Å². The maximum Gasteiger partial charge on any atom is 0.255 e. The van der Waals surface area contributed by atoms with Crippen LogP contribution in [0.5, 0.6) is 5.75 Å². The second kappa shape index (κ2) is 8.98. The van der Waals surface area contributed by atoms with Gasteiger partial charge in [-0.25, -0.2) is 9.97 Å². The van der Waals surface area contributed by atoms with Crippen LogP contribution in [0.15, 0.2) is 22.7 Å². The summed E-state index contributed by atoms with van der Waals surface area (Å²) >= 11 is 3.54. The molecule has 1 aromatic carbocycles. The highest BCUT2D eigenvalue weighted by Gasteiger charge is 2.19. The third-order valence-electron chi connectivity index (χ3n) is 3.83. The summed E-state index contributed by atoms with van der Waals surface area (Å²) in [5.41, 5.74) is 8.07. The van der Waals surface area contributed by atoms with E-state index in [1.54, 1.807) is 6.92 Å². The van der Waals surface area contributed by atoms with E-state index in [1.807, 2.05) is 25.1 Å². The van der Waals surface area contributed by atoms with Crippen molar-refractivity contribution in [2.75, 3.05) is 18.9 Å². The number of nitrogen functional groups attached to an aromatic ring is 1. The van der Waals surface area contributed by atoms with E-state index in [1.165, 1.54) is 0 Å². The predicted molar refractivity (Wildman–Crippen MR) is 107 cm³/mol. The molecule has 1 aromatic heterocycles. The number of amides is 1. The second-order valence-corrected chi connectivity index (χ2v) is 7.28. The van der Waals surface area contributed by atoms with E-state index in [4.69, 9.17) is 10.5 Å². The van der Waals surface area contributed by atoms with E-state index in [9.17, 15) is 4.79 Å². The number of benzene rings is 1. The van der Waals surface area contributed by atoms with Gasteiger partial charge in [-0.3, -0.25) is 4.79 Å². The number of nitrogens with two attached hydrogens (primary N) is 1. The molecule has 0 spiro atoms. The van der Waals surface area contributed by atoms with E-state index in [0.717, 1.165) is 22.2 Å². The number of aryl methyl sites for hydroxylation is 1. The lowest BCUT2D eigenvalue weighted by Crippen LogP contribution is -2.25. The Bertz CT molecular complexity index is 793. The highest BCUT2D eigenvalue weighted by atomic mass is 79.9. The first-order chi connectivity index (χ1) is 12.3. The minimum atomic E-state index is -0.214. The maximum atomic E-state index is 12.5. The minimum Gasteiger partial charge on any atom is -0.492 e. The summed E-state index contributed by atoms with van der Waals surface area (Å²) < 4.78 is 6.62. The van der Waals surface area contributed by atoms with Gasteiger partial charge in [0.25, 0.3) is 5.91 Å². The lowest BCUT2D eigenvalue weighted by molar-refractivity contribution is 0.0955. The van der Waals surface area contributed by atoms with Crippen molar-refractivity contribution < 1.29 is 9.53 Å². The van der Waals surface area contributed by atoms with Gasteiger partial charge in [-0.05, 0) is 60.3 Å². The smallest absolute Gasteiger partial charge is 0.255 e. The normalized spacial score (nSPS) is 10.8. The van der Waals surface area contributed by atoms with E-state index < -0.39 is 0 Å². The van der Waals surface area contributed by atoms with E-state index in [-0.39, 0.29) is 11.9 Å². The van der Waals surface area contributed by atoms with E-state index >= 15 is 0 Å². The number of nitrogens with zero attached hydrogens (tertiary/aromatic N) is 2. The number of nitrogens with one attached hydrogen (secondary N) is 1. The Morgan fingerprint density at radius 3 is 2.69 bits per heavy atom. The first-order valence-electron chi connectivity index (χ1n) is 8.68. The summed E-state index contributed by atoms with van der Waals surface area (Å²) in [5.74, 6) is 1.26. The molecule has 0 saturated heterocycles. The Labute approximate surface area is 162 Å². The van der Waals surface area contributed by atoms with Gasteiger partial charge in [0.2, 0.25) is 5.95 Å². The van der Waals surface area contributed by atoms with Gasteiger partial charge in [0.15, 0.2) is 0 Å². The fourth-order valence-corrected chi connectivity index (χ4v) is 2.99. The molecule has 6 nitrogen and oxygen atoms in total. The molecular formula is C19H25BrN4O2. The zero-order chi connectivity index (χ0) is 19.3. The van der Waals surface area contributed by atoms with Gasteiger partial charge in [-0.2, -0.15) is 0 Å². The van der Waals surface area contributed by atoms with Gasteiger partial charge in [-0.15, -0.1) is 0 Å². The van der Waals surface area contributed by atoms with Crippen LogP contribution in [-0.2, 0) is 0 Å². The fourth-order valence-electron chi connectivity index (χ4n) is 2.49. The number of rotatable bonds is 7. The molecule has 0 aliphatic rings. The molecule has 0 fully saturated rings. The lowest BCUT2D eigenvalue weighted by Gasteiger charge is -2.14. The molecular weight excluding hydrogens is 396 g/mol. The average Bonchev–Trinajstić information content (AvgIpc) is 2.55. The van der Waals surface area contributed by atoms with Crippen LogP contribution in [0.3, 0.4) is 0 Å². The second-order valence-electron chi connectivity index (χ2n) is 6.43. The molecule has 0 unspecified atom stereocenters. The van der Waals surface area contributed by atoms with Crippen LogP contribution >= 0.6 is 15.9 Å². The van der Waals surface area contributed by atoms with Crippen LogP contribution in [0.2, 0.25) is 0 Å². The SMILES string of the molecule is CCNC(=O)c1c(C)nc(N)nc1-c1ccc(OCCC(C)C)c(Br)c1. The summed E-state index contributed by atoms with van der Waals surface area (Å²) in [6.45, 7) is 9.11. The molecule has 0 aliphatic carbocycles. The molecule has 26 heavy (non-hydrogen) atoms. The van der Waals surface area contributed by atoms with Crippen LogP contribution in [0.25, 0.3) is 11.3 Å². The fraction of sp³-hybridized carbons (Fsp3) is 0.421. The molecule has 0 bridgehead atoms. The lowest BCUT2D eigenvalue weighted by atomic mass is 10.0. The molecule has 7 heteroatoms. The van der Waals surface area contributed by atoms with Crippen molar-refractivity contribution in [3.8, 4) is 17.0 Å². The number of anilines is 1. The van der Waals surface area contributed by atoms with Crippen molar-refractivity contribution in [3.05, 3.63) is 33.9 Å². The van der Waals surface area contributed by atoms with E-state index in [2.05, 4.69) is 45.1 Å². The van der Waals surface area contributed by atoms with Crippen LogP contribution in [0.1, 0.15) is 43.2 Å². The Balaban J connectivity index is 2.39. The van der Waals surface area contributed by atoms with Crippen LogP contribution in [0.4, 0.5) is 5.95 Å². The van der Waals surface area contributed by atoms with Gasteiger partial charge in [0.05, 0.1) is 28.0 Å². The number of hydrogen-bond donors (Lipinski definition) is 2. The zero-order valence-electron chi connectivity index (χ0n) is 15.6. The summed E-state index contributed by atoms with van der Waals surface area (Å²) in [6.07, 6.45) is 0.983. The number of carbonyl (C=O) groups is 1. The summed E-state index contributed by atoms with van der Waals surface area (Å²) in [7, 11) is 0. The first kappa shape index (κ1) is 20.2. The Kier molecular flexibility index (Phi) is 6.97. The average molecular weight is 421 g/mol. The van der Waals surface area contributed by atoms with Crippen molar-refractivity contribution in [2.24, 2.45) is 5.92 Å². The van der Waals surface area contributed by atoms with Gasteiger partial charge in [-0.1, -0.05) is 13.8 Å². The minimum absolute atomic E-state index is 0.138. The molecule has 1 amide bonds. The maximum absolute atomic E-state index is 12.5. The zero-order valence-corrected chi connectivity index (χ0v) is 17.2. The summed E-state index contributed by atoms with van der Waals surface area (Å²) in [4.78, 5) is 20.9. The molecule has 0 saturated carbocycles. The summed E-state index contributed by atoms with van der Waals surface area (Å²) in [6, 6.07) is 5.63. The monoisotopic (exact) mass is 420 g/mol. The number of aromatic nitrogens is 2. The predicted octanol–water partition coefficient (Wildman–Crippen LogP) is 3.97. The Morgan fingerprint density at radius 1 is 1.35 bits per heavy atom. The van der Waals surface area contributed by atoms with Crippen LogP contribution in [0, 0.1) is 12.8 Å². The molecule has 3 N–H and O–H groups in total. The number of hydrogen-bond acceptors (Lipinski definition) is 5. The molecule has 1 heterocycles. The number of carbonyl (C=O) groups excluding carboxylic acids is 1. The summed E-state index contributed by atoms with van der Waals surface area (Å²) in [5, 5.41) is 2.80. The molecule has 0 atom stereocenters. The molecule has 2 rings (SSSR count). The quantitative estimate of drug-likeness (QED) is 0.706. The van der Waals surface area contributed by atoms with Gasteiger partial charge >= 0.3 is 0 Å². The van der Waals surface area contributed by atoms with Gasteiger partial charge in [0, 0.05) is 12.1 Å². The molecule has 0 aliphatic heterocycles. The van der Waals surface area contributed by atoms with Crippen molar-refractivity contribution in [3.63, 3.8) is 0 Å². The standard InChI is InChI=1S/C19H25BrN4O2/c1-5-22-18(25)16-12(4)23-19(21)24-17(16)13-6-7-15(14(20)10-13)26-9-8-11(2)3/h6-7,10-11H,5,8-9H2,1-4H3,(H,22,25)(H2,21,23,24). The van der Waals surface area contributed by atoms with Crippen LogP contribution in [-0.4, -0.2) is 29.0 Å². The van der Waals surface area contributed by atoms with Crippen molar-refractivity contribution in [1.29, 1.82) is 0 Å². The van der Waals surface area contributed by atoms with Crippen LogP contribution < -0.4 is 15.8 Å². The van der Waals surface area contributed by atoms with Crippen molar-refractivity contribution >= 4 is 27.8 Å². The highest BCUT2D eigenvalue weighted by molar-refractivity contribution is 9.10. The first-order valence-corrected chi connectivity index (χ1v) is 9.47.